The van der Waals surface area contributed by atoms with Crippen LogP contribution in [-0.2, 0) is 5.41 Å². The molecule has 0 saturated heterocycles. The van der Waals surface area contributed by atoms with Gasteiger partial charge in [0.1, 0.15) is 11.2 Å². The summed E-state index contributed by atoms with van der Waals surface area (Å²) in [6.45, 7) is 0. The molecule has 0 amide bonds. The Balaban J connectivity index is 0.988. The monoisotopic (exact) mass is 789 g/mol. The summed E-state index contributed by atoms with van der Waals surface area (Å²) in [4.78, 5) is 15.5. The number of aromatic nitrogens is 3. The van der Waals surface area contributed by atoms with Gasteiger partial charge in [-0.2, -0.15) is 0 Å². The number of fused-ring (bicyclic) bond motifs is 13. The van der Waals surface area contributed by atoms with Crippen LogP contribution in [0.4, 0.5) is 0 Å². The van der Waals surface area contributed by atoms with E-state index in [0.717, 1.165) is 55.3 Å². The topological polar surface area (TPSA) is 51.8 Å². The molecule has 0 bridgehead atoms. The van der Waals surface area contributed by atoms with Crippen molar-refractivity contribution in [2.24, 2.45) is 0 Å². The Morgan fingerprint density at radius 1 is 0.306 bits per heavy atom. The molecule has 0 fully saturated rings. The van der Waals surface area contributed by atoms with Crippen molar-refractivity contribution >= 4 is 21.9 Å². The fourth-order valence-corrected chi connectivity index (χ4v) is 10.4. The van der Waals surface area contributed by atoms with E-state index in [-0.39, 0.29) is 0 Å². The van der Waals surface area contributed by atoms with Crippen molar-refractivity contribution < 1.29 is 4.42 Å². The zero-order valence-electron chi connectivity index (χ0n) is 33.5. The number of rotatable bonds is 5. The highest BCUT2D eigenvalue weighted by Gasteiger charge is 2.51. The number of nitrogens with zero attached hydrogens (tertiary/aromatic N) is 3. The van der Waals surface area contributed by atoms with Gasteiger partial charge in [-0.15, -0.1) is 0 Å². The van der Waals surface area contributed by atoms with Crippen molar-refractivity contribution in [1.82, 2.24) is 15.0 Å². The van der Waals surface area contributed by atoms with E-state index >= 15 is 0 Å². The van der Waals surface area contributed by atoms with Crippen LogP contribution in [0.1, 0.15) is 22.3 Å². The van der Waals surface area contributed by atoms with Gasteiger partial charge in [-0.3, -0.25) is 0 Å². The van der Waals surface area contributed by atoms with Crippen molar-refractivity contribution in [2.45, 2.75) is 5.41 Å². The molecular formula is C58H35N3O. The second kappa shape index (κ2) is 13.4. The quantitative estimate of drug-likeness (QED) is 0.174. The molecule has 2 heterocycles. The molecule has 0 unspecified atom stereocenters. The SMILES string of the molecule is c1ccc(-c2nc(-c3ccccc3-c3cccc(-c4cccc5c4-c4ccccc4C54c5ccccc5-c5ccccc54)c3)nc(-c3cccc4c3oc3ccccc34)n2)cc1. The first-order valence-electron chi connectivity index (χ1n) is 21.1. The summed E-state index contributed by atoms with van der Waals surface area (Å²) in [6, 6.07) is 75.7. The minimum atomic E-state index is -0.404. The van der Waals surface area contributed by atoms with Crippen molar-refractivity contribution in [3.05, 3.63) is 235 Å². The first-order valence-corrected chi connectivity index (χ1v) is 21.1. The second-order valence-electron chi connectivity index (χ2n) is 16.2. The van der Waals surface area contributed by atoms with Gasteiger partial charge in [0.2, 0.25) is 0 Å². The smallest absolute Gasteiger partial charge is 0.167 e. The molecule has 4 nitrogen and oxygen atoms in total. The van der Waals surface area contributed by atoms with Gasteiger partial charge in [-0.1, -0.05) is 194 Å². The number of hydrogen-bond donors (Lipinski definition) is 0. The highest BCUT2D eigenvalue weighted by atomic mass is 16.3. The normalized spacial score (nSPS) is 13.0. The summed E-state index contributed by atoms with van der Waals surface area (Å²) in [7, 11) is 0. The number of benzene rings is 9. The van der Waals surface area contributed by atoms with E-state index in [1.54, 1.807) is 0 Å². The van der Waals surface area contributed by atoms with Crippen molar-refractivity contribution in [3.8, 4) is 78.7 Å². The van der Waals surface area contributed by atoms with Gasteiger partial charge in [0.25, 0.3) is 0 Å². The van der Waals surface area contributed by atoms with Gasteiger partial charge in [-0.25, -0.2) is 15.0 Å². The van der Waals surface area contributed by atoms with Crippen molar-refractivity contribution in [2.75, 3.05) is 0 Å². The van der Waals surface area contributed by atoms with E-state index in [1.807, 2.05) is 54.6 Å². The standard InChI is InChI=1S/C58H35N3O/c1-2-17-36(18-3-1)55-59-56(61-57(60-55)47-29-15-28-44-43-24-9-13-34-52(43)62-54(44)47)45-25-5-4-21-39(45)37-19-14-20-38(35-37)40-27-16-33-51-53(40)46-26-8-12-32-50(46)58(51)48-30-10-6-22-41(48)42-23-7-11-31-49(42)58/h1-35H. The Morgan fingerprint density at radius 2 is 0.774 bits per heavy atom. The van der Waals surface area contributed by atoms with E-state index in [1.165, 1.54) is 50.1 Å². The molecule has 288 valence electrons. The summed E-state index contributed by atoms with van der Waals surface area (Å²) in [5, 5.41) is 2.09. The molecule has 2 aromatic heterocycles. The van der Waals surface area contributed by atoms with Gasteiger partial charge in [0, 0.05) is 21.9 Å². The van der Waals surface area contributed by atoms with E-state index in [9.17, 15) is 0 Å². The highest BCUT2D eigenvalue weighted by molar-refractivity contribution is 6.09. The van der Waals surface area contributed by atoms with Crippen molar-refractivity contribution in [1.29, 1.82) is 0 Å². The van der Waals surface area contributed by atoms with Crippen LogP contribution in [0, 0.1) is 0 Å². The molecule has 0 N–H and O–H groups in total. The fraction of sp³-hybridized carbons (Fsp3) is 0.0172. The van der Waals surface area contributed by atoms with Crippen LogP contribution in [0.3, 0.4) is 0 Å². The number of hydrogen-bond acceptors (Lipinski definition) is 4. The first kappa shape index (κ1) is 34.6. The molecule has 0 radical (unpaired) electrons. The third-order valence-corrected chi connectivity index (χ3v) is 13.0. The van der Waals surface area contributed by atoms with E-state index in [0.29, 0.717) is 17.5 Å². The van der Waals surface area contributed by atoms with Gasteiger partial charge >= 0.3 is 0 Å². The van der Waals surface area contributed by atoms with E-state index in [2.05, 4.69) is 158 Å². The Kier molecular flexibility index (Phi) is 7.49. The Labute approximate surface area is 358 Å². The second-order valence-corrected chi connectivity index (χ2v) is 16.2. The molecule has 13 rings (SSSR count). The lowest BCUT2D eigenvalue weighted by molar-refractivity contribution is 0.669. The number of furan rings is 1. The maximum atomic E-state index is 6.50. The largest absolute Gasteiger partial charge is 0.455 e. The highest BCUT2D eigenvalue weighted by Crippen LogP contribution is 2.64. The van der Waals surface area contributed by atoms with E-state index < -0.39 is 5.41 Å². The number of para-hydroxylation sites is 2. The maximum absolute atomic E-state index is 6.50. The average Bonchev–Trinajstić information content (AvgIpc) is 3.99. The van der Waals surface area contributed by atoms with Crippen LogP contribution in [0.25, 0.3) is 101 Å². The molecule has 4 heteroatoms. The average molecular weight is 790 g/mol. The lowest BCUT2D eigenvalue weighted by Crippen LogP contribution is -2.25. The predicted molar refractivity (Wildman–Crippen MR) is 251 cm³/mol. The first-order chi connectivity index (χ1) is 30.8. The maximum Gasteiger partial charge on any atom is 0.167 e. The van der Waals surface area contributed by atoms with E-state index in [4.69, 9.17) is 19.4 Å². The van der Waals surface area contributed by atoms with Crippen LogP contribution in [0.2, 0.25) is 0 Å². The van der Waals surface area contributed by atoms with Gasteiger partial charge in [0.15, 0.2) is 17.5 Å². The molecular weight excluding hydrogens is 755 g/mol. The summed E-state index contributed by atoms with van der Waals surface area (Å²) >= 11 is 0. The van der Waals surface area contributed by atoms with Gasteiger partial charge in [-0.05, 0) is 85.0 Å². The molecule has 1 spiro atoms. The van der Waals surface area contributed by atoms with Crippen molar-refractivity contribution in [3.63, 3.8) is 0 Å². The van der Waals surface area contributed by atoms with Crippen LogP contribution >= 0.6 is 0 Å². The van der Waals surface area contributed by atoms with Gasteiger partial charge in [0.05, 0.1) is 11.0 Å². The zero-order chi connectivity index (χ0) is 40.8. The Morgan fingerprint density at radius 3 is 1.53 bits per heavy atom. The molecule has 0 aliphatic heterocycles. The Bertz CT molecular complexity index is 3560. The lowest BCUT2D eigenvalue weighted by Gasteiger charge is -2.30. The molecule has 2 aliphatic rings. The molecule has 0 saturated carbocycles. The zero-order valence-corrected chi connectivity index (χ0v) is 33.5. The predicted octanol–water partition coefficient (Wildman–Crippen LogP) is 14.4. The fourth-order valence-electron chi connectivity index (χ4n) is 10.4. The molecule has 62 heavy (non-hydrogen) atoms. The van der Waals surface area contributed by atoms with Crippen LogP contribution in [-0.4, -0.2) is 15.0 Å². The minimum absolute atomic E-state index is 0.404. The van der Waals surface area contributed by atoms with Crippen LogP contribution in [0.15, 0.2) is 217 Å². The summed E-state index contributed by atoms with van der Waals surface area (Å²) in [5.74, 6) is 1.76. The molecule has 11 aromatic rings. The van der Waals surface area contributed by atoms with Crippen LogP contribution < -0.4 is 0 Å². The molecule has 9 aromatic carbocycles. The third-order valence-electron chi connectivity index (χ3n) is 13.0. The summed E-state index contributed by atoms with van der Waals surface area (Å²) in [6.07, 6.45) is 0. The minimum Gasteiger partial charge on any atom is -0.455 e. The van der Waals surface area contributed by atoms with Crippen LogP contribution in [0.5, 0.6) is 0 Å². The molecule has 2 aliphatic carbocycles. The van der Waals surface area contributed by atoms with Gasteiger partial charge < -0.3 is 4.42 Å². The third kappa shape index (κ3) is 4.92. The summed E-state index contributed by atoms with van der Waals surface area (Å²) in [5.41, 5.74) is 18.8. The molecule has 0 atom stereocenters. The summed E-state index contributed by atoms with van der Waals surface area (Å²) < 4.78 is 6.50. The Hall–Kier alpha value is -8.21. The lowest BCUT2D eigenvalue weighted by atomic mass is 9.70.